The molecule has 0 atom stereocenters. The summed E-state index contributed by atoms with van der Waals surface area (Å²) in [5, 5.41) is 6.37. The number of hydrogen-bond acceptors (Lipinski definition) is 4. The van der Waals surface area contributed by atoms with Crippen LogP contribution in [0.25, 0.3) is 0 Å². The van der Waals surface area contributed by atoms with Crippen LogP contribution in [0, 0.1) is 0 Å². The first-order valence-corrected chi connectivity index (χ1v) is 8.08. The second-order valence-corrected chi connectivity index (χ2v) is 5.22. The fourth-order valence-corrected chi connectivity index (χ4v) is 1.95. The van der Waals surface area contributed by atoms with E-state index in [4.69, 9.17) is 9.47 Å². The Balaban J connectivity index is 0.00000576. The molecule has 0 aliphatic rings. The first-order chi connectivity index (χ1) is 11.5. The zero-order valence-electron chi connectivity index (χ0n) is 15.6. The molecule has 7 nitrogen and oxygen atoms in total. The minimum absolute atomic E-state index is 0. The van der Waals surface area contributed by atoms with E-state index in [0.29, 0.717) is 37.0 Å². The van der Waals surface area contributed by atoms with Gasteiger partial charge in [0.2, 0.25) is 5.91 Å². The van der Waals surface area contributed by atoms with Crippen LogP contribution < -0.4 is 20.1 Å². The highest BCUT2D eigenvalue weighted by Crippen LogP contribution is 2.30. The average Bonchev–Trinajstić information content (AvgIpc) is 2.55. The summed E-state index contributed by atoms with van der Waals surface area (Å²) in [6, 6.07) is 5.59. The topological polar surface area (TPSA) is 75.2 Å². The summed E-state index contributed by atoms with van der Waals surface area (Å²) in [6.07, 6.45) is 0.371. The van der Waals surface area contributed by atoms with Crippen molar-refractivity contribution in [2.24, 2.45) is 4.99 Å². The number of amides is 1. The van der Waals surface area contributed by atoms with Crippen molar-refractivity contribution in [2.45, 2.75) is 20.3 Å². The number of ether oxygens (including phenoxy) is 2. The van der Waals surface area contributed by atoms with Gasteiger partial charge in [-0.2, -0.15) is 0 Å². The van der Waals surface area contributed by atoms with E-state index in [-0.39, 0.29) is 29.9 Å². The quantitative estimate of drug-likeness (QED) is 0.352. The molecule has 1 aromatic carbocycles. The molecule has 0 aliphatic carbocycles. The van der Waals surface area contributed by atoms with Crippen LogP contribution in [-0.4, -0.2) is 57.7 Å². The summed E-state index contributed by atoms with van der Waals surface area (Å²) in [5.41, 5.74) is 0.831. The Bertz CT molecular complexity index is 565. The zero-order chi connectivity index (χ0) is 17.9. The Hall–Kier alpha value is -1.71. The molecule has 0 fully saturated rings. The van der Waals surface area contributed by atoms with Crippen molar-refractivity contribution in [2.75, 3.05) is 46.2 Å². The van der Waals surface area contributed by atoms with Gasteiger partial charge in [0.1, 0.15) is 0 Å². The number of carbonyl (C=O) groups excluding carboxylic acids is 1. The highest BCUT2D eigenvalue weighted by Gasteiger charge is 2.07. The number of rotatable bonds is 8. The number of anilines is 1. The van der Waals surface area contributed by atoms with Gasteiger partial charge < -0.3 is 25.0 Å². The van der Waals surface area contributed by atoms with Crippen molar-refractivity contribution in [3.05, 3.63) is 18.2 Å². The number of nitrogens with zero attached hydrogens (tertiary/aromatic N) is 2. The smallest absolute Gasteiger partial charge is 0.223 e. The largest absolute Gasteiger partial charge is 0.493 e. The van der Waals surface area contributed by atoms with E-state index in [1.807, 2.05) is 32.0 Å². The molecule has 0 aromatic heterocycles. The lowest BCUT2D eigenvalue weighted by Crippen LogP contribution is -2.31. The zero-order valence-corrected chi connectivity index (χ0v) is 17.9. The maximum Gasteiger partial charge on any atom is 0.223 e. The third-order valence-corrected chi connectivity index (χ3v) is 3.16. The third kappa shape index (κ3) is 8.28. The van der Waals surface area contributed by atoms with E-state index >= 15 is 0 Å². The molecule has 0 spiro atoms. The normalized spacial score (nSPS) is 10.5. The summed E-state index contributed by atoms with van der Waals surface area (Å²) in [5.74, 6) is 2.03. The maximum atomic E-state index is 11.6. The predicted molar refractivity (Wildman–Crippen MR) is 112 cm³/mol. The summed E-state index contributed by atoms with van der Waals surface area (Å²) in [6.45, 7) is 5.61. The number of methoxy groups -OCH3 is 1. The van der Waals surface area contributed by atoms with Crippen molar-refractivity contribution in [1.29, 1.82) is 0 Å². The molecule has 0 radical (unpaired) electrons. The third-order valence-electron chi connectivity index (χ3n) is 3.16. The molecule has 2 N–H and O–H groups in total. The molecule has 0 unspecified atom stereocenters. The van der Waals surface area contributed by atoms with Crippen LogP contribution in [0.4, 0.5) is 5.69 Å². The van der Waals surface area contributed by atoms with Crippen molar-refractivity contribution >= 4 is 41.5 Å². The van der Waals surface area contributed by atoms with Crippen molar-refractivity contribution in [3.63, 3.8) is 0 Å². The molecular formula is C17H29IN4O3. The monoisotopic (exact) mass is 464 g/mol. The van der Waals surface area contributed by atoms with E-state index in [1.165, 1.54) is 0 Å². The maximum absolute atomic E-state index is 11.6. The fraction of sp³-hybridized carbons (Fsp3) is 0.529. The van der Waals surface area contributed by atoms with Crippen LogP contribution in [0.15, 0.2) is 23.2 Å². The van der Waals surface area contributed by atoms with Gasteiger partial charge in [-0.3, -0.25) is 9.79 Å². The molecule has 0 saturated carbocycles. The molecule has 1 rings (SSSR count). The molecule has 25 heavy (non-hydrogen) atoms. The SMILES string of the molecule is CCNC(=NCCC(=O)N(C)C)Nc1ccc(OC)c(OCC)c1.I. The number of hydrogen-bond donors (Lipinski definition) is 2. The minimum Gasteiger partial charge on any atom is -0.493 e. The van der Waals surface area contributed by atoms with Gasteiger partial charge in [-0.15, -0.1) is 24.0 Å². The van der Waals surface area contributed by atoms with Crippen LogP contribution in [0.2, 0.25) is 0 Å². The molecule has 1 aromatic rings. The van der Waals surface area contributed by atoms with Gasteiger partial charge in [0, 0.05) is 38.8 Å². The van der Waals surface area contributed by atoms with Crippen molar-refractivity contribution < 1.29 is 14.3 Å². The van der Waals surface area contributed by atoms with Gasteiger partial charge in [-0.1, -0.05) is 0 Å². The summed E-state index contributed by atoms with van der Waals surface area (Å²) in [4.78, 5) is 17.6. The van der Waals surface area contributed by atoms with Gasteiger partial charge in [0.15, 0.2) is 17.5 Å². The number of guanidine groups is 1. The number of benzene rings is 1. The van der Waals surface area contributed by atoms with E-state index in [9.17, 15) is 4.79 Å². The molecule has 142 valence electrons. The molecule has 0 aliphatic heterocycles. The predicted octanol–water partition coefficient (Wildman–Crippen LogP) is 2.57. The van der Waals surface area contributed by atoms with Crippen molar-refractivity contribution in [3.8, 4) is 11.5 Å². The molecule has 1 amide bonds. The van der Waals surface area contributed by atoms with Crippen LogP contribution >= 0.6 is 24.0 Å². The highest BCUT2D eigenvalue weighted by molar-refractivity contribution is 14.0. The van der Waals surface area contributed by atoms with Crippen LogP contribution in [0.3, 0.4) is 0 Å². The van der Waals surface area contributed by atoms with Gasteiger partial charge >= 0.3 is 0 Å². The van der Waals surface area contributed by atoms with Crippen molar-refractivity contribution in [1.82, 2.24) is 10.2 Å². The fourth-order valence-electron chi connectivity index (χ4n) is 1.95. The second-order valence-electron chi connectivity index (χ2n) is 5.22. The number of aliphatic imine (C=N–C) groups is 1. The first-order valence-electron chi connectivity index (χ1n) is 8.08. The summed E-state index contributed by atoms with van der Waals surface area (Å²) < 4.78 is 10.9. The first kappa shape index (κ1) is 23.3. The van der Waals surface area contributed by atoms with Gasteiger partial charge in [0.05, 0.1) is 20.3 Å². The lowest BCUT2D eigenvalue weighted by molar-refractivity contribution is -0.128. The van der Waals surface area contributed by atoms with Gasteiger partial charge in [-0.05, 0) is 26.0 Å². The number of nitrogens with one attached hydrogen (secondary N) is 2. The molecule has 0 heterocycles. The Morgan fingerprint density at radius 3 is 2.52 bits per heavy atom. The van der Waals surface area contributed by atoms with E-state index in [2.05, 4.69) is 15.6 Å². The minimum atomic E-state index is 0. The Morgan fingerprint density at radius 2 is 1.96 bits per heavy atom. The molecule has 0 bridgehead atoms. The van der Waals surface area contributed by atoms with Crippen LogP contribution in [0.1, 0.15) is 20.3 Å². The Labute approximate surface area is 167 Å². The molecule has 0 saturated heterocycles. The standard InChI is InChI=1S/C17H28N4O3.HI/c1-6-18-17(19-11-10-16(22)21(3)4)20-13-8-9-14(23-5)15(12-13)24-7-2;/h8-9,12H,6-7,10-11H2,1-5H3,(H2,18,19,20);1H. The number of carbonyl (C=O) groups is 1. The number of halogens is 1. The van der Waals surface area contributed by atoms with Gasteiger partial charge in [-0.25, -0.2) is 0 Å². The van der Waals surface area contributed by atoms with Crippen LogP contribution in [0.5, 0.6) is 11.5 Å². The van der Waals surface area contributed by atoms with E-state index < -0.39 is 0 Å². The second kappa shape index (κ2) is 12.6. The lowest BCUT2D eigenvalue weighted by Gasteiger charge is -2.14. The molecular weight excluding hydrogens is 435 g/mol. The van der Waals surface area contributed by atoms with E-state index in [0.717, 1.165) is 12.2 Å². The van der Waals surface area contributed by atoms with E-state index in [1.54, 1.807) is 26.1 Å². The molecule has 8 heteroatoms. The summed E-state index contributed by atoms with van der Waals surface area (Å²) >= 11 is 0. The average molecular weight is 464 g/mol. The summed E-state index contributed by atoms with van der Waals surface area (Å²) in [7, 11) is 5.09. The lowest BCUT2D eigenvalue weighted by atomic mass is 10.2. The van der Waals surface area contributed by atoms with Gasteiger partial charge in [0.25, 0.3) is 0 Å². The highest BCUT2D eigenvalue weighted by atomic mass is 127. The van der Waals surface area contributed by atoms with Crippen LogP contribution in [-0.2, 0) is 4.79 Å². The Kier molecular flexibility index (Phi) is 11.8. The Morgan fingerprint density at radius 1 is 1.24 bits per heavy atom.